The van der Waals surface area contributed by atoms with Crippen molar-refractivity contribution in [3.05, 3.63) is 6.20 Å². The van der Waals surface area contributed by atoms with Gasteiger partial charge in [-0.15, -0.1) is 6.42 Å². The lowest BCUT2D eigenvalue weighted by Crippen LogP contribution is -2.01. The first-order chi connectivity index (χ1) is 8.31. The molecular weight excluding hydrogens is 236 g/mol. The quantitative estimate of drug-likeness (QED) is 0.323. The smallest absolute Gasteiger partial charge is 0.262 e. The van der Waals surface area contributed by atoms with Crippen LogP contribution in [0.2, 0.25) is 0 Å². The fourth-order valence-electron chi connectivity index (χ4n) is 1.07. The molecule has 0 unspecified atom stereocenters. The average molecular weight is 252 g/mol. The zero-order valence-electron chi connectivity index (χ0n) is 10.1. The lowest BCUT2D eigenvalue weighted by Gasteiger charge is -2.08. The van der Waals surface area contributed by atoms with E-state index in [9.17, 15) is 0 Å². The highest BCUT2D eigenvalue weighted by Gasteiger charge is 2.08. The second kappa shape index (κ2) is 7.80. The van der Waals surface area contributed by atoms with Crippen LogP contribution in [0.4, 0.5) is 0 Å². The lowest BCUT2D eigenvalue weighted by atomic mass is 10.4. The summed E-state index contributed by atoms with van der Waals surface area (Å²) in [4.78, 5) is 8.45. The first kappa shape index (κ1) is 13.7. The number of methoxy groups -OCH3 is 1. The summed E-state index contributed by atoms with van der Waals surface area (Å²) < 4.78 is 10.4. The molecule has 4 nitrogen and oxygen atoms in total. The van der Waals surface area contributed by atoms with Gasteiger partial charge in [-0.1, -0.05) is 31.0 Å². The molecule has 0 N–H and O–H groups in total. The van der Waals surface area contributed by atoms with Gasteiger partial charge in [-0.2, -0.15) is 4.98 Å². The Bertz CT molecular complexity index is 391. The minimum absolute atomic E-state index is 0.173. The Morgan fingerprint density at radius 3 is 3.00 bits per heavy atom. The number of thioether (sulfide) groups is 1. The third-order valence-corrected chi connectivity index (χ3v) is 2.89. The molecule has 0 fully saturated rings. The first-order valence-electron chi connectivity index (χ1n) is 5.42. The number of hydrogen-bond donors (Lipinski definition) is 0. The molecule has 1 aromatic rings. The van der Waals surface area contributed by atoms with Gasteiger partial charge in [0, 0.05) is 5.75 Å². The molecule has 0 aromatic carbocycles. The molecule has 0 spiro atoms. The summed E-state index contributed by atoms with van der Waals surface area (Å²) >= 11 is 1.60. The van der Waals surface area contributed by atoms with E-state index in [-0.39, 0.29) is 6.61 Å². The maximum Gasteiger partial charge on any atom is 0.262 e. The normalized spacial score (nSPS) is 9.71. The average Bonchev–Trinajstić information content (AvgIpc) is 2.37. The number of unbranched alkanes of at least 4 members (excludes halogenated alkanes) is 1. The maximum atomic E-state index is 5.30. The molecule has 0 aliphatic heterocycles. The molecule has 0 bridgehead atoms. The summed E-state index contributed by atoms with van der Waals surface area (Å²) in [6, 6.07) is 0. The van der Waals surface area contributed by atoms with Crippen LogP contribution in [-0.2, 0) is 0 Å². The van der Waals surface area contributed by atoms with Crippen molar-refractivity contribution in [2.75, 3.05) is 19.5 Å². The van der Waals surface area contributed by atoms with Crippen molar-refractivity contribution < 1.29 is 9.47 Å². The molecule has 17 heavy (non-hydrogen) atoms. The van der Waals surface area contributed by atoms with Gasteiger partial charge in [0.15, 0.2) is 17.5 Å². The number of rotatable bonds is 7. The van der Waals surface area contributed by atoms with E-state index in [1.807, 2.05) is 0 Å². The van der Waals surface area contributed by atoms with E-state index in [4.69, 9.17) is 15.9 Å². The van der Waals surface area contributed by atoms with Crippen LogP contribution in [0.15, 0.2) is 11.4 Å². The van der Waals surface area contributed by atoms with Gasteiger partial charge in [0.2, 0.25) is 0 Å². The monoisotopic (exact) mass is 252 g/mol. The Morgan fingerprint density at radius 2 is 2.35 bits per heavy atom. The molecule has 5 heteroatoms. The van der Waals surface area contributed by atoms with Crippen molar-refractivity contribution in [2.45, 2.75) is 24.9 Å². The highest BCUT2D eigenvalue weighted by molar-refractivity contribution is 7.99. The maximum absolute atomic E-state index is 5.30. The van der Waals surface area contributed by atoms with Crippen molar-refractivity contribution in [3.8, 4) is 24.0 Å². The number of aromatic nitrogens is 2. The molecule has 0 radical (unpaired) electrons. The molecule has 0 aliphatic rings. The number of hydrogen-bond acceptors (Lipinski definition) is 5. The highest BCUT2D eigenvalue weighted by Crippen LogP contribution is 2.26. The van der Waals surface area contributed by atoms with Crippen molar-refractivity contribution in [3.63, 3.8) is 0 Å². The molecule has 0 saturated carbocycles. The Morgan fingerprint density at radius 1 is 1.53 bits per heavy atom. The predicted octanol–water partition coefficient (Wildman–Crippen LogP) is 2.39. The van der Waals surface area contributed by atoms with Crippen molar-refractivity contribution >= 4 is 11.8 Å². The minimum Gasteiger partial charge on any atom is -0.490 e. The molecule has 1 rings (SSSR count). The second-order valence-electron chi connectivity index (χ2n) is 3.22. The van der Waals surface area contributed by atoms with Crippen LogP contribution in [0.1, 0.15) is 19.8 Å². The summed E-state index contributed by atoms with van der Waals surface area (Å²) in [5, 5.41) is 0.686. The SMILES string of the molecule is C#CCOc1nc(SCCCC)ncc1OC. The van der Waals surface area contributed by atoms with Crippen LogP contribution < -0.4 is 9.47 Å². The molecule has 0 amide bonds. The standard InChI is InChI=1S/C12H16N2O2S/c1-4-6-8-17-12-13-9-10(15-3)11(14-12)16-7-5-2/h2,9H,4,6-8H2,1,3H3. The van der Waals surface area contributed by atoms with Gasteiger partial charge < -0.3 is 9.47 Å². The number of nitrogens with zero attached hydrogens (tertiary/aromatic N) is 2. The van der Waals surface area contributed by atoms with Crippen LogP contribution in [0.5, 0.6) is 11.6 Å². The van der Waals surface area contributed by atoms with E-state index in [1.54, 1.807) is 25.1 Å². The van der Waals surface area contributed by atoms with Crippen molar-refractivity contribution in [1.82, 2.24) is 9.97 Å². The molecular formula is C12H16N2O2S. The summed E-state index contributed by atoms with van der Waals surface area (Å²) in [6.07, 6.45) is 9.04. The topological polar surface area (TPSA) is 44.2 Å². The van der Waals surface area contributed by atoms with Crippen LogP contribution in [0.3, 0.4) is 0 Å². The van der Waals surface area contributed by atoms with Crippen LogP contribution in [0.25, 0.3) is 0 Å². The van der Waals surface area contributed by atoms with Crippen LogP contribution in [-0.4, -0.2) is 29.4 Å². The fourth-order valence-corrected chi connectivity index (χ4v) is 1.96. The highest BCUT2D eigenvalue weighted by atomic mass is 32.2. The van der Waals surface area contributed by atoms with Gasteiger partial charge in [-0.3, -0.25) is 0 Å². The molecule has 1 aromatic heterocycles. The second-order valence-corrected chi connectivity index (χ2v) is 4.28. The third kappa shape index (κ3) is 4.53. The molecule has 0 aliphatic carbocycles. The van der Waals surface area contributed by atoms with E-state index >= 15 is 0 Å². The van der Waals surface area contributed by atoms with Gasteiger partial charge >= 0.3 is 0 Å². The van der Waals surface area contributed by atoms with Gasteiger partial charge in [-0.05, 0) is 6.42 Å². The first-order valence-corrected chi connectivity index (χ1v) is 6.40. The van der Waals surface area contributed by atoms with Crippen molar-refractivity contribution in [1.29, 1.82) is 0 Å². The van der Waals surface area contributed by atoms with Crippen LogP contribution in [0, 0.1) is 12.3 Å². The lowest BCUT2D eigenvalue weighted by molar-refractivity contribution is 0.313. The molecule has 1 heterocycles. The molecule has 92 valence electrons. The summed E-state index contributed by atoms with van der Waals surface area (Å²) in [5.74, 6) is 4.29. The van der Waals surface area contributed by atoms with Gasteiger partial charge in [0.25, 0.3) is 5.88 Å². The number of ether oxygens (including phenoxy) is 2. The largest absolute Gasteiger partial charge is 0.490 e. The van der Waals surface area contributed by atoms with E-state index in [2.05, 4.69) is 22.8 Å². The van der Waals surface area contributed by atoms with E-state index in [0.717, 1.165) is 18.6 Å². The zero-order valence-corrected chi connectivity index (χ0v) is 10.9. The Hall–Kier alpha value is -1.41. The minimum atomic E-state index is 0.173. The Balaban J connectivity index is 2.70. The van der Waals surface area contributed by atoms with Crippen LogP contribution >= 0.6 is 11.8 Å². The van der Waals surface area contributed by atoms with Gasteiger partial charge in [-0.25, -0.2) is 4.98 Å². The van der Waals surface area contributed by atoms with E-state index < -0.39 is 0 Å². The van der Waals surface area contributed by atoms with E-state index in [0.29, 0.717) is 16.8 Å². The van der Waals surface area contributed by atoms with Gasteiger partial charge in [0.1, 0.15) is 0 Å². The zero-order chi connectivity index (χ0) is 12.5. The molecule has 0 atom stereocenters. The predicted molar refractivity (Wildman–Crippen MR) is 68.5 cm³/mol. The Kier molecular flexibility index (Phi) is 6.26. The van der Waals surface area contributed by atoms with E-state index in [1.165, 1.54) is 0 Å². The summed E-state index contributed by atoms with van der Waals surface area (Å²) in [5.41, 5.74) is 0. The summed E-state index contributed by atoms with van der Waals surface area (Å²) in [7, 11) is 1.55. The summed E-state index contributed by atoms with van der Waals surface area (Å²) in [6.45, 7) is 2.32. The van der Waals surface area contributed by atoms with Gasteiger partial charge in [0.05, 0.1) is 13.3 Å². The fraction of sp³-hybridized carbons (Fsp3) is 0.500. The van der Waals surface area contributed by atoms with Crippen molar-refractivity contribution in [2.24, 2.45) is 0 Å². The third-order valence-electron chi connectivity index (χ3n) is 1.94. The molecule has 0 saturated heterocycles. The number of terminal acetylenes is 1. The Labute approximate surface area is 106 Å².